The second-order valence-electron chi connectivity index (χ2n) is 5.38. The maximum atomic E-state index is 12.2. The monoisotopic (exact) mass is 277 g/mol. The quantitative estimate of drug-likeness (QED) is 0.817. The molecule has 0 saturated carbocycles. The SMILES string of the molecule is CCc1ccc(NC(=O)N2CC(C)(C)NC2=S)cc1. The highest BCUT2D eigenvalue weighted by molar-refractivity contribution is 7.80. The molecule has 1 aliphatic rings. The minimum absolute atomic E-state index is 0.166. The van der Waals surface area contributed by atoms with Crippen LogP contribution in [0, 0.1) is 0 Å². The van der Waals surface area contributed by atoms with Crippen molar-refractivity contribution < 1.29 is 4.79 Å². The molecule has 4 nitrogen and oxygen atoms in total. The molecule has 19 heavy (non-hydrogen) atoms. The highest BCUT2D eigenvalue weighted by Crippen LogP contribution is 2.17. The van der Waals surface area contributed by atoms with Gasteiger partial charge in [-0.05, 0) is 50.2 Å². The molecule has 0 spiro atoms. The number of thiocarbonyl (C=S) groups is 1. The van der Waals surface area contributed by atoms with Crippen LogP contribution in [0.25, 0.3) is 0 Å². The Kier molecular flexibility index (Phi) is 3.75. The molecule has 1 saturated heterocycles. The Morgan fingerprint density at radius 2 is 2.05 bits per heavy atom. The molecule has 1 aromatic carbocycles. The Balaban J connectivity index is 2.03. The summed E-state index contributed by atoms with van der Waals surface area (Å²) in [5, 5.41) is 6.47. The van der Waals surface area contributed by atoms with Crippen LogP contribution in [-0.2, 0) is 6.42 Å². The number of rotatable bonds is 2. The summed E-state index contributed by atoms with van der Waals surface area (Å²) in [5.41, 5.74) is 1.87. The molecule has 0 unspecified atom stereocenters. The molecule has 1 aliphatic heterocycles. The zero-order chi connectivity index (χ0) is 14.0. The third-order valence-electron chi connectivity index (χ3n) is 3.10. The molecule has 5 heteroatoms. The fraction of sp³-hybridized carbons (Fsp3) is 0.429. The number of hydrogen-bond donors (Lipinski definition) is 2. The predicted molar refractivity (Wildman–Crippen MR) is 81.4 cm³/mol. The van der Waals surface area contributed by atoms with Crippen LogP contribution in [0.1, 0.15) is 26.3 Å². The summed E-state index contributed by atoms with van der Waals surface area (Å²) in [6.07, 6.45) is 0.989. The zero-order valence-electron chi connectivity index (χ0n) is 11.5. The van der Waals surface area contributed by atoms with Crippen molar-refractivity contribution in [3.05, 3.63) is 29.8 Å². The Hall–Kier alpha value is -1.62. The summed E-state index contributed by atoms with van der Waals surface area (Å²) in [6, 6.07) is 7.66. The topological polar surface area (TPSA) is 44.4 Å². The fourth-order valence-electron chi connectivity index (χ4n) is 2.04. The smallest absolute Gasteiger partial charge is 0.328 e. The predicted octanol–water partition coefficient (Wildman–Crippen LogP) is 2.75. The molecule has 0 radical (unpaired) electrons. The standard InChI is InChI=1S/C14H19N3OS/c1-4-10-5-7-11(8-6-10)15-12(18)17-9-14(2,3)16-13(17)19/h5-8H,4,9H2,1-3H3,(H,15,18)(H,16,19). The summed E-state index contributed by atoms with van der Waals surface area (Å²) in [7, 11) is 0. The number of carbonyl (C=O) groups is 1. The number of amides is 2. The van der Waals surface area contributed by atoms with Gasteiger partial charge in [0, 0.05) is 5.69 Å². The van der Waals surface area contributed by atoms with Gasteiger partial charge in [-0.25, -0.2) is 4.79 Å². The van der Waals surface area contributed by atoms with E-state index in [-0.39, 0.29) is 11.6 Å². The molecule has 1 fully saturated rings. The van der Waals surface area contributed by atoms with Crippen LogP contribution in [0.15, 0.2) is 24.3 Å². The minimum atomic E-state index is -0.188. The second-order valence-corrected chi connectivity index (χ2v) is 5.77. The van der Waals surface area contributed by atoms with Gasteiger partial charge in [-0.3, -0.25) is 4.90 Å². The van der Waals surface area contributed by atoms with E-state index in [1.165, 1.54) is 5.56 Å². The van der Waals surface area contributed by atoms with Gasteiger partial charge < -0.3 is 10.6 Å². The Morgan fingerprint density at radius 3 is 2.53 bits per heavy atom. The van der Waals surface area contributed by atoms with Crippen molar-refractivity contribution in [2.24, 2.45) is 0 Å². The molecule has 1 aromatic rings. The van der Waals surface area contributed by atoms with Gasteiger partial charge in [0.1, 0.15) is 0 Å². The van der Waals surface area contributed by atoms with E-state index in [0.29, 0.717) is 11.7 Å². The van der Waals surface area contributed by atoms with E-state index in [1.807, 2.05) is 38.1 Å². The average Bonchev–Trinajstić information content (AvgIpc) is 2.64. The van der Waals surface area contributed by atoms with Gasteiger partial charge in [0.2, 0.25) is 0 Å². The van der Waals surface area contributed by atoms with Crippen molar-refractivity contribution >= 4 is 29.0 Å². The van der Waals surface area contributed by atoms with Gasteiger partial charge in [0.25, 0.3) is 0 Å². The first kappa shape index (κ1) is 13.8. The number of aryl methyl sites for hydroxylation is 1. The molecule has 0 aliphatic carbocycles. The minimum Gasteiger partial charge on any atom is -0.355 e. The van der Waals surface area contributed by atoms with Gasteiger partial charge in [0.05, 0.1) is 12.1 Å². The molecular formula is C14H19N3OS. The number of nitrogens with one attached hydrogen (secondary N) is 2. The van der Waals surface area contributed by atoms with Crippen molar-refractivity contribution in [2.75, 3.05) is 11.9 Å². The van der Waals surface area contributed by atoms with Crippen LogP contribution in [0.5, 0.6) is 0 Å². The summed E-state index contributed by atoms with van der Waals surface area (Å²) >= 11 is 5.18. The van der Waals surface area contributed by atoms with Gasteiger partial charge >= 0.3 is 6.03 Å². The number of nitrogens with zero attached hydrogens (tertiary/aromatic N) is 1. The normalized spacial score (nSPS) is 17.2. The third kappa shape index (κ3) is 3.23. The first-order chi connectivity index (χ1) is 8.91. The number of hydrogen-bond acceptors (Lipinski definition) is 2. The number of benzene rings is 1. The number of anilines is 1. The molecule has 0 atom stereocenters. The van der Waals surface area contributed by atoms with Crippen LogP contribution < -0.4 is 10.6 Å². The molecule has 1 heterocycles. The van der Waals surface area contributed by atoms with Gasteiger partial charge in [0.15, 0.2) is 5.11 Å². The summed E-state index contributed by atoms with van der Waals surface area (Å²) in [6.45, 7) is 6.71. The maximum absolute atomic E-state index is 12.2. The summed E-state index contributed by atoms with van der Waals surface area (Å²) < 4.78 is 0. The Morgan fingerprint density at radius 1 is 1.42 bits per heavy atom. The van der Waals surface area contributed by atoms with Crippen LogP contribution >= 0.6 is 12.2 Å². The van der Waals surface area contributed by atoms with Gasteiger partial charge in [-0.1, -0.05) is 19.1 Å². The molecular weight excluding hydrogens is 258 g/mol. The lowest BCUT2D eigenvalue weighted by Gasteiger charge is -2.18. The largest absolute Gasteiger partial charge is 0.355 e. The van der Waals surface area contributed by atoms with Crippen molar-refractivity contribution in [1.82, 2.24) is 10.2 Å². The molecule has 0 bridgehead atoms. The highest BCUT2D eigenvalue weighted by Gasteiger charge is 2.35. The fourth-order valence-corrected chi connectivity index (χ4v) is 2.47. The first-order valence-electron chi connectivity index (χ1n) is 6.41. The van der Waals surface area contributed by atoms with Crippen molar-refractivity contribution in [3.8, 4) is 0 Å². The van der Waals surface area contributed by atoms with E-state index in [2.05, 4.69) is 17.6 Å². The van der Waals surface area contributed by atoms with Crippen LogP contribution in [0.2, 0.25) is 0 Å². The first-order valence-corrected chi connectivity index (χ1v) is 6.82. The van der Waals surface area contributed by atoms with E-state index >= 15 is 0 Å². The lowest BCUT2D eigenvalue weighted by molar-refractivity contribution is 0.233. The lowest BCUT2D eigenvalue weighted by atomic mass is 10.1. The van der Waals surface area contributed by atoms with E-state index in [1.54, 1.807) is 4.90 Å². The van der Waals surface area contributed by atoms with E-state index in [4.69, 9.17) is 12.2 Å². The second kappa shape index (κ2) is 5.17. The average molecular weight is 277 g/mol. The van der Waals surface area contributed by atoms with E-state index in [0.717, 1.165) is 12.1 Å². The Bertz CT molecular complexity index is 496. The molecule has 2 N–H and O–H groups in total. The highest BCUT2D eigenvalue weighted by atomic mass is 32.1. The van der Waals surface area contributed by atoms with Gasteiger partial charge in [-0.2, -0.15) is 0 Å². The maximum Gasteiger partial charge on any atom is 0.328 e. The van der Waals surface area contributed by atoms with Crippen LogP contribution in [0.4, 0.5) is 10.5 Å². The van der Waals surface area contributed by atoms with Crippen LogP contribution in [-0.4, -0.2) is 28.1 Å². The lowest BCUT2D eigenvalue weighted by Crippen LogP contribution is -2.37. The third-order valence-corrected chi connectivity index (χ3v) is 3.42. The summed E-state index contributed by atoms with van der Waals surface area (Å²) in [4.78, 5) is 13.7. The van der Waals surface area contributed by atoms with E-state index in [9.17, 15) is 4.79 Å². The molecule has 102 valence electrons. The van der Waals surface area contributed by atoms with Crippen LogP contribution in [0.3, 0.4) is 0 Å². The molecule has 0 aromatic heterocycles. The Labute approximate surface area is 119 Å². The number of carbonyl (C=O) groups excluding carboxylic acids is 1. The summed E-state index contributed by atoms with van der Waals surface area (Å²) in [5.74, 6) is 0. The zero-order valence-corrected chi connectivity index (χ0v) is 12.3. The molecule has 2 rings (SSSR count). The number of urea groups is 1. The van der Waals surface area contributed by atoms with Crippen molar-refractivity contribution in [3.63, 3.8) is 0 Å². The van der Waals surface area contributed by atoms with Crippen molar-refractivity contribution in [2.45, 2.75) is 32.7 Å². The van der Waals surface area contributed by atoms with Crippen molar-refractivity contribution in [1.29, 1.82) is 0 Å². The molecule has 2 amide bonds. The van der Waals surface area contributed by atoms with Gasteiger partial charge in [-0.15, -0.1) is 0 Å². The van der Waals surface area contributed by atoms with E-state index < -0.39 is 0 Å².